The number of allylic oxidation sites excluding steroid dienone is 4. The molecule has 0 radical (unpaired) electrons. The number of carbonyl (C=O) groups excluding carboxylic acids is 1. The Bertz CT molecular complexity index is 3330. The Balaban J connectivity index is 1.22. The number of benzene rings is 5. The van der Waals surface area contributed by atoms with Crippen molar-refractivity contribution in [2.45, 2.75) is 161 Å². The standard InChI is InChI=1S/C72H90N4O9/c1-7-10-11-21-55-48(19-15-22-64(55)76-72(73)74-5)17-12-13-18-49-37-60-52(43-75-31-8-2)38-59(50-20-14-16-46(34-50)29-32-83-9-3)57-30-33-84-54(36-51(49)39-65(60)78)40-53(77)26-24-47-25-28-67(82-6)68(35-47)85-44-63-56-27-23-45(4)58-42-66(79)70(57)62(69(56)58)41-61(63)71(80)81/h14-16,19-20,22-23,25,27-28,34-35,37,39,41-42,45,49,51-52,54,57,59,71,75,78-81H,7-13,17-18,21,24,26,29,31-32,36,38,40,43-44H2,1-6H3,(H3,73,74,76)/t45-,49+,51+,52+,54+,57+,59-/m1/s1. The van der Waals surface area contributed by atoms with Crippen molar-refractivity contribution in [2.75, 3.05) is 45.8 Å². The molecule has 0 saturated carbocycles. The van der Waals surface area contributed by atoms with Crippen molar-refractivity contribution in [2.24, 2.45) is 28.5 Å². The van der Waals surface area contributed by atoms with Crippen LogP contribution >= 0.6 is 0 Å². The van der Waals surface area contributed by atoms with E-state index in [4.69, 9.17) is 24.7 Å². The number of ketones is 1. The fraction of sp³-hybridized carbons (Fsp3) is 0.472. The van der Waals surface area contributed by atoms with Gasteiger partial charge in [0.05, 0.1) is 19.6 Å². The van der Waals surface area contributed by atoms with Crippen molar-refractivity contribution >= 4 is 34.3 Å². The molecule has 0 fully saturated rings. The van der Waals surface area contributed by atoms with Crippen LogP contribution in [0.4, 0.5) is 5.69 Å². The summed E-state index contributed by atoms with van der Waals surface area (Å²) in [5.41, 5.74) is 16.6. The Morgan fingerprint density at radius 3 is 2.55 bits per heavy atom. The molecule has 10 bridgehead atoms. The number of anilines is 1. The second-order valence-corrected chi connectivity index (χ2v) is 23.7. The highest BCUT2D eigenvalue weighted by atomic mass is 16.5. The second-order valence-electron chi connectivity index (χ2n) is 23.7. The van der Waals surface area contributed by atoms with Gasteiger partial charge in [0.15, 0.2) is 23.7 Å². The number of aliphatic imine (C=N–C) groups is 1. The molecule has 0 saturated heterocycles. The fourth-order valence-corrected chi connectivity index (χ4v) is 13.5. The first-order chi connectivity index (χ1) is 41.3. The van der Waals surface area contributed by atoms with Crippen LogP contribution in [0.25, 0.3) is 16.8 Å². The number of fused-ring (bicyclic) bond motifs is 8. The number of hydrogen-bond donors (Lipinski definition) is 7. The predicted octanol–water partition coefficient (Wildman–Crippen LogP) is 13.5. The summed E-state index contributed by atoms with van der Waals surface area (Å²) in [5.74, 6) is 3.58. The lowest BCUT2D eigenvalue weighted by Crippen LogP contribution is -2.31. The van der Waals surface area contributed by atoms with E-state index in [1.165, 1.54) is 11.1 Å². The minimum Gasteiger partial charge on any atom is -0.508 e. The number of carbonyl (C=O) groups is 1. The van der Waals surface area contributed by atoms with Crippen molar-refractivity contribution in [3.05, 3.63) is 158 Å². The number of nitrogens with zero attached hydrogens (tertiary/aromatic N) is 1. The number of nitrogens with two attached hydrogens (primary N) is 1. The van der Waals surface area contributed by atoms with Gasteiger partial charge in [-0.05, 0) is 181 Å². The van der Waals surface area contributed by atoms with Gasteiger partial charge < -0.3 is 55.7 Å². The summed E-state index contributed by atoms with van der Waals surface area (Å²) in [7, 11) is 3.28. The zero-order valence-electron chi connectivity index (χ0n) is 50.9. The number of aliphatic hydroxyl groups excluding tert-OH is 2. The summed E-state index contributed by atoms with van der Waals surface area (Å²) in [5, 5.41) is 57.1. The van der Waals surface area contributed by atoms with Gasteiger partial charge >= 0.3 is 0 Å². The molecule has 4 aliphatic heterocycles. The molecule has 0 aromatic heterocycles. The first-order valence-corrected chi connectivity index (χ1v) is 31.3. The third-order valence-electron chi connectivity index (χ3n) is 18.0. The molecule has 0 spiro atoms. The van der Waals surface area contributed by atoms with Crippen LogP contribution in [0.15, 0.2) is 107 Å². The van der Waals surface area contributed by atoms with Crippen LogP contribution in [0.3, 0.4) is 0 Å². The molecule has 0 amide bonds. The zero-order valence-corrected chi connectivity index (χ0v) is 50.9. The lowest BCUT2D eigenvalue weighted by atomic mass is 9.70. The van der Waals surface area contributed by atoms with Crippen LogP contribution in [0.1, 0.15) is 178 Å². The van der Waals surface area contributed by atoms with E-state index in [9.17, 15) is 25.2 Å². The number of phenols is 1. The molecule has 85 heavy (non-hydrogen) atoms. The molecule has 13 heteroatoms. The molecular weight excluding hydrogens is 1060 g/mol. The zero-order chi connectivity index (χ0) is 60.0. The third kappa shape index (κ3) is 15.1. The second kappa shape index (κ2) is 29.8. The maximum absolute atomic E-state index is 14.5. The van der Waals surface area contributed by atoms with Gasteiger partial charge in [-0.25, -0.2) is 0 Å². The molecule has 452 valence electrons. The molecule has 7 atom stereocenters. The summed E-state index contributed by atoms with van der Waals surface area (Å²) in [6.45, 7) is 10.9. The van der Waals surface area contributed by atoms with E-state index in [0.717, 1.165) is 109 Å². The van der Waals surface area contributed by atoms with E-state index in [0.29, 0.717) is 79.4 Å². The van der Waals surface area contributed by atoms with Gasteiger partial charge in [-0.1, -0.05) is 107 Å². The van der Waals surface area contributed by atoms with E-state index < -0.39 is 24.2 Å². The number of rotatable bonds is 21. The van der Waals surface area contributed by atoms with E-state index in [2.05, 4.69) is 103 Å². The van der Waals surface area contributed by atoms with E-state index >= 15 is 0 Å². The molecule has 8 N–H and O–H groups in total. The number of guanidine groups is 1. The lowest BCUT2D eigenvalue weighted by molar-refractivity contribution is -0.121. The fourth-order valence-electron chi connectivity index (χ4n) is 13.5. The Kier molecular flexibility index (Phi) is 21.9. The summed E-state index contributed by atoms with van der Waals surface area (Å²) >= 11 is 0. The molecule has 4 heterocycles. The van der Waals surface area contributed by atoms with Gasteiger partial charge in [-0.15, -0.1) is 0 Å². The Hall–Kier alpha value is -7.08. The first kappa shape index (κ1) is 62.5. The number of hydrogen-bond acceptors (Lipinski definition) is 11. The maximum Gasteiger partial charge on any atom is 0.192 e. The minimum absolute atomic E-state index is 0.00329. The molecule has 2 aliphatic carbocycles. The highest BCUT2D eigenvalue weighted by Gasteiger charge is 2.38. The normalized spacial score (nSPS) is 21.4. The number of aliphatic hydroxyl groups is 3. The summed E-state index contributed by atoms with van der Waals surface area (Å²) in [6, 6.07) is 24.3. The Morgan fingerprint density at radius 1 is 0.929 bits per heavy atom. The van der Waals surface area contributed by atoms with Gasteiger partial charge in [0, 0.05) is 73.2 Å². The van der Waals surface area contributed by atoms with Crippen LogP contribution in [0, 0.1) is 29.8 Å². The number of aromatic hydroxyl groups is 1. The summed E-state index contributed by atoms with van der Waals surface area (Å²) < 4.78 is 25.2. The highest BCUT2D eigenvalue weighted by molar-refractivity contribution is 6.01. The van der Waals surface area contributed by atoms with Crippen molar-refractivity contribution in [3.63, 3.8) is 0 Å². The quantitative estimate of drug-likeness (QED) is 0.0121. The lowest BCUT2D eigenvalue weighted by Gasteiger charge is -2.35. The van der Waals surface area contributed by atoms with Gasteiger partial charge in [0.1, 0.15) is 36.1 Å². The largest absolute Gasteiger partial charge is 0.508 e. The van der Waals surface area contributed by atoms with Crippen LogP contribution in [0.5, 0.6) is 17.2 Å². The van der Waals surface area contributed by atoms with Gasteiger partial charge in [0.2, 0.25) is 0 Å². The molecule has 5 aromatic carbocycles. The van der Waals surface area contributed by atoms with Gasteiger partial charge in [-0.2, -0.15) is 0 Å². The number of aryl methyl sites for hydroxylation is 2. The number of unbranched alkanes of at least 4 members (excludes halogenated alkanes) is 3. The van der Waals surface area contributed by atoms with Crippen LogP contribution in [-0.2, 0) is 46.6 Å². The minimum atomic E-state index is -1.91. The van der Waals surface area contributed by atoms with Crippen molar-refractivity contribution in [3.8, 4) is 29.3 Å². The predicted molar refractivity (Wildman–Crippen MR) is 340 cm³/mol. The Labute approximate surface area is 503 Å². The van der Waals surface area contributed by atoms with Crippen molar-refractivity contribution in [1.82, 2.24) is 5.32 Å². The number of phenolic OH excluding ortho intramolecular Hbond substituents is 1. The molecule has 5 aromatic rings. The molecule has 0 unspecified atom stereocenters. The van der Waals surface area contributed by atoms with Crippen LogP contribution in [0.2, 0.25) is 0 Å². The number of nitrogens with one attached hydrogen (secondary N) is 2. The molecular formula is C72H90N4O9. The molecule has 6 aliphatic rings. The van der Waals surface area contributed by atoms with Crippen LogP contribution < -0.4 is 25.8 Å². The number of methoxy groups -OCH3 is 1. The van der Waals surface area contributed by atoms with E-state index in [1.807, 2.05) is 43.3 Å². The summed E-state index contributed by atoms with van der Waals surface area (Å²) in [4.78, 5) is 18.7. The van der Waals surface area contributed by atoms with Crippen molar-refractivity contribution in [1.29, 1.82) is 0 Å². The maximum atomic E-state index is 14.5. The third-order valence-corrected chi connectivity index (χ3v) is 18.0. The molecule has 11 rings (SSSR count). The van der Waals surface area contributed by atoms with Gasteiger partial charge in [0.25, 0.3) is 0 Å². The topological polar surface area (TPSA) is 197 Å². The molecule has 13 nitrogen and oxygen atoms in total. The number of Topliss-reactive ketones (excluding diaryl/α,β-unsaturated/α-hetero) is 1. The van der Waals surface area contributed by atoms with Gasteiger partial charge in [-0.3, -0.25) is 9.79 Å². The first-order valence-electron chi connectivity index (χ1n) is 31.3. The highest BCUT2D eigenvalue weighted by Crippen LogP contribution is 2.51. The average molecular weight is 1160 g/mol. The number of ether oxygens (including phenoxy) is 4. The SMILES string of the molecule is CCCCCc1c(CCCC[C@H]2C=C3C(O)=C[C@@H]2C[C@H]2CC(=O)CCc4ccc(OC)c(c4)OCc4c(C(O)O)cc5c(c(O)cc6c5c4C=C[C@H]6C)[C@@H](C#CO2)[C@@H](c2cccc(CCOCC)c2)C[C@H]3CNCCC)cccc1NC(N)=NC. The monoisotopic (exact) mass is 1150 g/mol. The van der Waals surface area contributed by atoms with E-state index in [-0.39, 0.29) is 66.0 Å². The van der Waals surface area contributed by atoms with Crippen LogP contribution in [-0.4, -0.2) is 78.7 Å². The average Bonchev–Trinajstić information content (AvgIpc) is 1.31. The van der Waals surface area contributed by atoms with Crippen molar-refractivity contribution < 1.29 is 44.2 Å². The van der Waals surface area contributed by atoms with E-state index in [1.54, 1.807) is 20.2 Å². The Morgan fingerprint density at radius 2 is 1.76 bits per heavy atom. The smallest absolute Gasteiger partial charge is 0.192 e. The summed E-state index contributed by atoms with van der Waals surface area (Å²) in [6.07, 6.45) is 20.3.